The molecule has 1 atom stereocenters. The quantitative estimate of drug-likeness (QED) is 0.850. The molecule has 1 N–H and O–H groups in total. The highest BCUT2D eigenvalue weighted by molar-refractivity contribution is 6.31. The molecule has 0 spiro atoms. The van der Waals surface area contributed by atoms with Crippen molar-refractivity contribution in [2.75, 3.05) is 0 Å². The minimum atomic E-state index is -0.516. The largest absolute Gasteiger partial charge is 0.480 e. The van der Waals surface area contributed by atoms with Crippen LogP contribution in [0.5, 0.6) is 5.75 Å². The number of hydrogen-bond acceptors (Lipinski definition) is 2. The number of ether oxygens (including phenoxy) is 1. The number of aryl methyl sites for hydroxylation is 2. The third kappa shape index (κ3) is 4.73. The molecule has 1 amide bonds. The minimum Gasteiger partial charge on any atom is -0.480 e. The highest BCUT2D eigenvalue weighted by atomic mass is 35.5. The molecule has 0 aliphatic heterocycles. The molecule has 2 aromatic rings. The summed E-state index contributed by atoms with van der Waals surface area (Å²) in [5, 5.41) is 3.55. The molecule has 0 bridgehead atoms. The summed E-state index contributed by atoms with van der Waals surface area (Å²) in [5.41, 5.74) is 3.02. The van der Waals surface area contributed by atoms with Gasteiger partial charge in [-0.1, -0.05) is 48.9 Å². The normalized spacial score (nSPS) is 11.8. The van der Waals surface area contributed by atoms with Crippen LogP contribution in [0.25, 0.3) is 0 Å². The molecule has 2 rings (SSSR count). The van der Waals surface area contributed by atoms with Gasteiger partial charge in [-0.15, -0.1) is 0 Å². The number of rotatable bonds is 6. The number of carbonyl (C=O) groups excluding carboxylic acids is 1. The van der Waals surface area contributed by atoms with E-state index in [9.17, 15) is 4.79 Å². The number of amides is 1. The zero-order valence-corrected chi connectivity index (χ0v) is 14.5. The second-order valence-corrected chi connectivity index (χ2v) is 6.00. The SMILES string of the molecule is CC[C@H](Oc1cc(C)ccc1C)C(=O)NCc1ccccc1Cl. The van der Waals surface area contributed by atoms with E-state index in [1.54, 1.807) is 0 Å². The fourth-order valence-corrected chi connectivity index (χ4v) is 2.45. The molecule has 0 aliphatic rings. The van der Waals surface area contributed by atoms with Gasteiger partial charge >= 0.3 is 0 Å². The number of hydrogen-bond donors (Lipinski definition) is 1. The number of halogens is 1. The van der Waals surface area contributed by atoms with Gasteiger partial charge in [0.1, 0.15) is 5.75 Å². The second kappa shape index (κ2) is 8.02. The van der Waals surface area contributed by atoms with Crippen LogP contribution in [0.4, 0.5) is 0 Å². The van der Waals surface area contributed by atoms with Crippen molar-refractivity contribution in [3.05, 3.63) is 64.2 Å². The van der Waals surface area contributed by atoms with Crippen LogP contribution in [0.1, 0.15) is 30.0 Å². The van der Waals surface area contributed by atoms with Gasteiger partial charge in [0.05, 0.1) is 0 Å². The summed E-state index contributed by atoms with van der Waals surface area (Å²) >= 11 is 6.11. The topological polar surface area (TPSA) is 38.3 Å². The molecular formula is C19H22ClNO2. The van der Waals surface area contributed by atoms with Gasteiger partial charge in [-0.3, -0.25) is 4.79 Å². The van der Waals surface area contributed by atoms with Crippen molar-refractivity contribution in [3.63, 3.8) is 0 Å². The van der Waals surface area contributed by atoms with E-state index in [4.69, 9.17) is 16.3 Å². The summed E-state index contributed by atoms with van der Waals surface area (Å²) in [6.45, 7) is 6.31. The molecular weight excluding hydrogens is 310 g/mol. The van der Waals surface area contributed by atoms with Gasteiger partial charge in [0.15, 0.2) is 6.10 Å². The van der Waals surface area contributed by atoms with E-state index >= 15 is 0 Å². The van der Waals surface area contributed by atoms with Gasteiger partial charge in [0, 0.05) is 11.6 Å². The van der Waals surface area contributed by atoms with Crippen molar-refractivity contribution in [2.45, 2.75) is 39.8 Å². The van der Waals surface area contributed by atoms with Crippen molar-refractivity contribution < 1.29 is 9.53 Å². The van der Waals surface area contributed by atoms with Crippen LogP contribution in [-0.2, 0) is 11.3 Å². The smallest absolute Gasteiger partial charge is 0.261 e. The molecule has 23 heavy (non-hydrogen) atoms. The Kier molecular flexibility index (Phi) is 6.05. The van der Waals surface area contributed by atoms with Crippen LogP contribution < -0.4 is 10.1 Å². The summed E-state index contributed by atoms with van der Waals surface area (Å²) in [4.78, 5) is 12.4. The van der Waals surface area contributed by atoms with Gasteiger partial charge in [0.25, 0.3) is 5.91 Å². The number of carbonyl (C=O) groups is 1. The third-order valence-corrected chi connectivity index (χ3v) is 4.06. The molecule has 122 valence electrons. The third-order valence-electron chi connectivity index (χ3n) is 3.69. The van der Waals surface area contributed by atoms with Gasteiger partial charge in [-0.2, -0.15) is 0 Å². The molecule has 0 heterocycles. The van der Waals surface area contributed by atoms with Crippen molar-refractivity contribution >= 4 is 17.5 Å². The Balaban J connectivity index is 2.01. The Labute approximate surface area is 142 Å². The lowest BCUT2D eigenvalue weighted by Gasteiger charge is -2.19. The van der Waals surface area contributed by atoms with Crippen molar-refractivity contribution in [1.82, 2.24) is 5.32 Å². The predicted octanol–water partition coefficient (Wildman–Crippen LogP) is 4.43. The maximum Gasteiger partial charge on any atom is 0.261 e. The lowest BCUT2D eigenvalue weighted by Crippen LogP contribution is -2.37. The van der Waals surface area contributed by atoms with E-state index in [-0.39, 0.29) is 5.91 Å². The lowest BCUT2D eigenvalue weighted by atomic mass is 10.1. The summed E-state index contributed by atoms with van der Waals surface area (Å²) in [5.74, 6) is 0.623. The Bertz CT molecular complexity index is 685. The highest BCUT2D eigenvalue weighted by Crippen LogP contribution is 2.21. The maximum absolute atomic E-state index is 12.4. The van der Waals surface area contributed by atoms with Crippen LogP contribution in [-0.4, -0.2) is 12.0 Å². The average Bonchev–Trinajstić information content (AvgIpc) is 2.54. The molecule has 0 saturated carbocycles. The lowest BCUT2D eigenvalue weighted by molar-refractivity contribution is -0.128. The monoisotopic (exact) mass is 331 g/mol. The fraction of sp³-hybridized carbons (Fsp3) is 0.316. The molecule has 0 saturated heterocycles. The first-order valence-electron chi connectivity index (χ1n) is 7.76. The van der Waals surface area contributed by atoms with Crippen LogP contribution in [0.15, 0.2) is 42.5 Å². The zero-order chi connectivity index (χ0) is 16.8. The zero-order valence-electron chi connectivity index (χ0n) is 13.7. The summed E-state index contributed by atoms with van der Waals surface area (Å²) < 4.78 is 5.91. The van der Waals surface area contributed by atoms with Gasteiger partial charge in [0.2, 0.25) is 0 Å². The minimum absolute atomic E-state index is 0.131. The highest BCUT2D eigenvalue weighted by Gasteiger charge is 2.19. The molecule has 0 aliphatic carbocycles. The van der Waals surface area contributed by atoms with Crippen LogP contribution in [0.3, 0.4) is 0 Å². The van der Waals surface area contributed by atoms with E-state index in [0.29, 0.717) is 18.0 Å². The Hall–Kier alpha value is -2.00. The molecule has 0 fully saturated rings. The molecule has 0 unspecified atom stereocenters. The van der Waals surface area contributed by atoms with E-state index in [0.717, 1.165) is 22.4 Å². The van der Waals surface area contributed by atoms with Crippen molar-refractivity contribution in [2.24, 2.45) is 0 Å². The van der Waals surface area contributed by atoms with Gasteiger partial charge < -0.3 is 10.1 Å². The Morgan fingerprint density at radius 1 is 1.22 bits per heavy atom. The predicted molar refractivity (Wildman–Crippen MR) is 93.9 cm³/mol. The van der Waals surface area contributed by atoms with E-state index in [1.807, 2.05) is 63.2 Å². The fourth-order valence-electron chi connectivity index (χ4n) is 2.25. The van der Waals surface area contributed by atoms with Crippen molar-refractivity contribution in [1.29, 1.82) is 0 Å². The second-order valence-electron chi connectivity index (χ2n) is 5.59. The molecule has 4 heteroatoms. The summed E-state index contributed by atoms with van der Waals surface area (Å²) in [6.07, 6.45) is 0.0832. The average molecular weight is 332 g/mol. The van der Waals surface area contributed by atoms with Crippen LogP contribution >= 0.6 is 11.6 Å². The van der Waals surface area contributed by atoms with E-state index < -0.39 is 6.10 Å². The number of nitrogens with one attached hydrogen (secondary N) is 1. The van der Waals surface area contributed by atoms with Gasteiger partial charge in [-0.25, -0.2) is 0 Å². The number of benzene rings is 2. The Morgan fingerprint density at radius 2 is 1.96 bits per heavy atom. The van der Waals surface area contributed by atoms with Crippen LogP contribution in [0, 0.1) is 13.8 Å². The molecule has 3 nitrogen and oxygen atoms in total. The first-order chi connectivity index (χ1) is 11.0. The van der Waals surface area contributed by atoms with E-state index in [2.05, 4.69) is 5.32 Å². The summed E-state index contributed by atoms with van der Waals surface area (Å²) in [7, 11) is 0. The van der Waals surface area contributed by atoms with Crippen molar-refractivity contribution in [3.8, 4) is 5.75 Å². The maximum atomic E-state index is 12.4. The molecule has 0 aromatic heterocycles. The standard InChI is InChI=1S/C19H22ClNO2/c1-4-17(23-18-11-13(2)9-10-14(18)3)19(22)21-12-15-7-5-6-8-16(15)20/h5-11,17H,4,12H2,1-3H3,(H,21,22)/t17-/m0/s1. The molecule has 2 aromatic carbocycles. The molecule has 0 radical (unpaired) electrons. The first-order valence-corrected chi connectivity index (χ1v) is 8.14. The first kappa shape index (κ1) is 17.4. The Morgan fingerprint density at radius 3 is 2.65 bits per heavy atom. The van der Waals surface area contributed by atoms with Crippen LogP contribution in [0.2, 0.25) is 5.02 Å². The van der Waals surface area contributed by atoms with Gasteiger partial charge in [-0.05, 0) is 49.1 Å². The van der Waals surface area contributed by atoms with E-state index in [1.165, 1.54) is 0 Å². The summed E-state index contributed by atoms with van der Waals surface area (Å²) in [6, 6.07) is 13.5.